The van der Waals surface area contributed by atoms with Crippen LogP contribution in [-0.2, 0) is 4.79 Å². The van der Waals surface area contributed by atoms with Crippen molar-refractivity contribution in [2.45, 2.75) is 31.3 Å². The van der Waals surface area contributed by atoms with Gasteiger partial charge >= 0.3 is 5.97 Å². The summed E-state index contributed by atoms with van der Waals surface area (Å²) in [4.78, 5) is 15.1. The van der Waals surface area contributed by atoms with Crippen LogP contribution in [0, 0.1) is 0 Å². The fourth-order valence-corrected chi connectivity index (χ4v) is 4.91. The average Bonchev–Trinajstić information content (AvgIpc) is 3.01. The summed E-state index contributed by atoms with van der Waals surface area (Å²) in [5, 5.41) is 9.69. The quantitative estimate of drug-likeness (QED) is 0.786. The lowest BCUT2D eigenvalue weighted by Crippen LogP contribution is -2.46. The first kappa shape index (κ1) is 17.5. The number of ether oxygens (including phenoxy) is 1. The van der Waals surface area contributed by atoms with Crippen molar-refractivity contribution in [1.29, 1.82) is 0 Å². The predicted octanol–water partition coefficient (Wildman–Crippen LogP) is 4.55. The molecule has 1 N–H and O–H groups in total. The van der Waals surface area contributed by atoms with E-state index in [1.165, 1.54) is 0 Å². The Hall–Kier alpha value is -1.37. The maximum Gasteiger partial charge on any atom is 0.320 e. The summed E-state index contributed by atoms with van der Waals surface area (Å²) >= 11 is 5.18. The largest absolute Gasteiger partial charge is 0.497 e. The number of piperidine rings is 1. The van der Waals surface area contributed by atoms with Crippen molar-refractivity contribution in [3.8, 4) is 5.75 Å². The number of hydrogen-bond acceptors (Lipinski definition) is 4. The molecule has 1 fully saturated rings. The highest BCUT2D eigenvalue weighted by Crippen LogP contribution is 2.39. The lowest BCUT2D eigenvalue weighted by atomic mass is 9.95. The van der Waals surface area contributed by atoms with Gasteiger partial charge in [-0.1, -0.05) is 18.6 Å². The third kappa shape index (κ3) is 3.66. The van der Waals surface area contributed by atoms with Gasteiger partial charge in [-0.25, -0.2) is 0 Å². The minimum atomic E-state index is -0.738. The number of thiophene rings is 1. The van der Waals surface area contributed by atoms with Gasteiger partial charge in [0.25, 0.3) is 0 Å². The second kappa shape index (κ2) is 7.68. The highest BCUT2D eigenvalue weighted by atomic mass is 79.9. The zero-order valence-electron chi connectivity index (χ0n) is 13.4. The Morgan fingerprint density at radius 3 is 2.88 bits per heavy atom. The van der Waals surface area contributed by atoms with Crippen LogP contribution in [-0.4, -0.2) is 35.7 Å². The van der Waals surface area contributed by atoms with Crippen LogP contribution in [0.1, 0.15) is 35.7 Å². The molecule has 1 aliphatic rings. The fraction of sp³-hybridized carbons (Fsp3) is 0.389. The molecule has 0 spiro atoms. The van der Waals surface area contributed by atoms with E-state index in [9.17, 15) is 9.90 Å². The van der Waals surface area contributed by atoms with E-state index in [0.29, 0.717) is 6.42 Å². The normalized spacial score (nSPS) is 19.8. The molecule has 0 radical (unpaired) electrons. The van der Waals surface area contributed by atoms with Crippen molar-refractivity contribution in [1.82, 2.24) is 4.90 Å². The Labute approximate surface area is 154 Å². The maximum atomic E-state index is 11.8. The van der Waals surface area contributed by atoms with Crippen molar-refractivity contribution in [2.24, 2.45) is 0 Å². The Balaban J connectivity index is 2.05. The highest BCUT2D eigenvalue weighted by molar-refractivity contribution is 9.11. The van der Waals surface area contributed by atoms with Gasteiger partial charge in [-0.05, 0) is 65.1 Å². The van der Waals surface area contributed by atoms with E-state index in [2.05, 4.69) is 26.9 Å². The van der Waals surface area contributed by atoms with Gasteiger partial charge in [0.15, 0.2) is 0 Å². The van der Waals surface area contributed by atoms with Gasteiger partial charge in [0, 0.05) is 4.88 Å². The van der Waals surface area contributed by atoms with Crippen LogP contribution >= 0.6 is 27.3 Å². The fourth-order valence-electron chi connectivity index (χ4n) is 3.33. The predicted molar refractivity (Wildman–Crippen MR) is 98.8 cm³/mol. The molecular formula is C18H20BrNO3S. The number of halogens is 1. The lowest BCUT2D eigenvalue weighted by Gasteiger charge is -2.39. The number of methoxy groups -OCH3 is 1. The van der Waals surface area contributed by atoms with Crippen molar-refractivity contribution in [2.75, 3.05) is 13.7 Å². The summed E-state index contributed by atoms with van der Waals surface area (Å²) in [5.41, 5.74) is 1.07. The van der Waals surface area contributed by atoms with Gasteiger partial charge in [0.05, 0.1) is 16.9 Å². The Bertz CT molecular complexity index is 718. The summed E-state index contributed by atoms with van der Waals surface area (Å²) < 4.78 is 6.42. The van der Waals surface area contributed by atoms with E-state index in [1.807, 2.05) is 30.3 Å². The van der Waals surface area contributed by atoms with Crippen molar-refractivity contribution in [3.05, 3.63) is 50.6 Å². The molecule has 0 amide bonds. The first-order chi connectivity index (χ1) is 11.6. The molecule has 6 heteroatoms. The van der Waals surface area contributed by atoms with E-state index in [4.69, 9.17) is 4.74 Å². The van der Waals surface area contributed by atoms with Crippen molar-refractivity contribution < 1.29 is 14.6 Å². The number of benzene rings is 1. The average molecular weight is 410 g/mol. The van der Waals surface area contributed by atoms with Crippen LogP contribution in [0.5, 0.6) is 5.75 Å². The molecule has 1 aromatic carbocycles. The van der Waals surface area contributed by atoms with E-state index in [-0.39, 0.29) is 6.04 Å². The number of likely N-dealkylation sites (tertiary alicyclic amines) is 1. The topological polar surface area (TPSA) is 49.8 Å². The van der Waals surface area contributed by atoms with Crippen LogP contribution in [0.2, 0.25) is 0 Å². The monoisotopic (exact) mass is 409 g/mol. The number of carbonyl (C=O) groups is 1. The van der Waals surface area contributed by atoms with E-state index in [0.717, 1.165) is 39.4 Å². The van der Waals surface area contributed by atoms with Crippen LogP contribution in [0.15, 0.2) is 40.2 Å². The van der Waals surface area contributed by atoms with Crippen LogP contribution < -0.4 is 4.74 Å². The molecule has 2 heterocycles. The van der Waals surface area contributed by atoms with E-state index < -0.39 is 12.0 Å². The van der Waals surface area contributed by atoms with E-state index in [1.54, 1.807) is 18.4 Å². The molecular weight excluding hydrogens is 390 g/mol. The molecule has 1 saturated heterocycles. The molecule has 2 aromatic rings. The standard InChI is InChI=1S/C18H20BrNO3S/c1-23-13-6-4-5-12(11-13)17(15-8-9-16(19)24-15)20-10-3-2-7-14(20)18(21)22/h4-6,8-9,11,14,17H,2-3,7,10H2,1H3,(H,21,22). The summed E-state index contributed by atoms with van der Waals surface area (Å²) in [7, 11) is 1.65. The van der Waals surface area contributed by atoms with Gasteiger partial charge in [-0.15, -0.1) is 11.3 Å². The molecule has 4 nitrogen and oxygen atoms in total. The Kier molecular flexibility index (Phi) is 5.58. The molecule has 2 atom stereocenters. The summed E-state index contributed by atoms with van der Waals surface area (Å²) in [6.45, 7) is 0.786. The first-order valence-corrected chi connectivity index (χ1v) is 9.59. The van der Waals surface area contributed by atoms with Crippen LogP contribution in [0.3, 0.4) is 0 Å². The Morgan fingerprint density at radius 1 is 1.38 bits per heavy atom. The SMILES string of the molecule is COc1cccc(C(c2ccc(Br)s2)N2CCCCC2C(=O)O)c1. The summed E-state index contributed by atoms with van der Waals surface area (Å²) in [6.07, 6.45) is 2.69. The number of rotatable bonds is 5. The molecule has 2 unspecified atom stereocenters. The number of carboxylic acid groups (broad SMARTS) is 1. The third-order valence-corrected chi connectivity index (χ3v) is 6.11. The Morgan fingerprint density at radius 2 is 2.21 bits per heavy atom. The summed E-state index contributed by atoms with van der Waals surface area (Å²) in [6, 6.07) is 11.5. The summed E-state index contributed by atoms with van der Waals surface area (Å²) in [5.74, 6) is 0.0511. The molecule has 1 aliphatic heterocycles. The number of aliphatic carboxylic acids is 1. The highest BCUT2D eigenvalue weighted by Gasteiger charge is 2.35. The second-order valence-electron chi connectivity index (χ2n) is 5.91. The minimum Gasteiger partial charge on any atom is -0.497 e. The first-order valence-electron chi connectivity index (χ1n) is 7.98. The van der Waals surface area contributed by atoms with Gasteiger partial charge in [0.2, 0.25) is 0 Å². The molecule has 0 aliphatic carbocycles. The zero-order chi connectivity index (χ0) is 17.1. The zero-order valence-corrected chi connectivity index (χ0v) is 15.8. The molecule has 3 rings (SSSR count). The molecule has 0 bridgehead atoms. The number of nitrogens with zero attached hydrogens (tertiary/aromatic N) is 1. The maximum absolute atomic E-state index is 11.8. The lowest BCUT2D eigenvalue weighted by molar-refractivity contribution is -0.145. The molecule has 1 aromatic heterocycles. The molecule has 128 valence electrons. The smallest absolute Gasteiger partial charge is 0.320 e. The van der Waals surface area contributed by atoms with Crippen molar-refractivity contribution in [3.63, 3.8) is 0 Å². The van der Waals surface area contributed by atoms with Gasteiger partial charge < -0.3 is 9.84 Å². The number of hydrogen-bond donors (Lipinski definition) is 1. The molecule has 0 saturated carbocycles. The second-order valence-corrected chi connectivity index (χ2v) is 8.40. The number of carboxylic acids is 1. The van der Waals surface area contributed by atoms with Gasteiger partial charge in [0.1, 0.15) is 11.8 Å². The third-order valence-electron chi connectivity index (χ3n) is 4.43. The molecule has 24 heavy (non-hydrogen) atoms. The van der Waals surface area contributed by atoms with Crippen LogP contribution in [0.25, 0.3) is 0 Å². The van der Waals surface area contributed by atoms with Crippen molar-refractivity contribution >= 4 is 33.2 Å². The minimum absolute atomic E-state index is 0.0715. The van der Waals surface area contributed by atoms with Crippen LogP contribution in [0.4, 0.5) is 0 Å². The van der Waals surface area contributed by atoms with E-state index >= 15 is 0 Å². The van der Waals surface area contributed by atoms with Gasteiger partial charge in [-0.3, -0.25) is 9.69 Å². The van der Waals surface area contributed by atoms with Gasteiger partial charge in [-0.2, -0.15) is 0 Å².